The summed E-state index contributed by atoms with van der Waals surface area (Å²) < 4.78 is 10.6. The van der Waals surface area contributed by atoms with Gasteiger partial charge in [-0.1, -0.05) is 26.0 Å². The van der Waals surface area contributed by atoms with Crippen LogP contribution in [0, 0.1) is 0 Å². The predicted molar refractivity (Wildman–Crippen MR) is 93.6 cm³/mol. The standard InChI is InChI=1S/C19H22N2O3/c1-3-21(4-2)12-14-5-7-15(8-6-14)19(22)20-16-9-10-17-18(11-16)24-13-23-17/h5-11H,3-4,12-13H2,1-2H3,(H,20,22). The Morgan fingerprint density at radius 2 is 1.75 bits per heavy atom. The van der Waals surface area contributed by atoms with Crippen LogP contribution in [0.15, 0.2) is 42.5 Å². The summed E-state index contributed by atoms with van der Waals surface area (Å²) in [5.74, 6) is 1.22. The largest absolute Gasteiger partial charge is 0.454 e. The molecule has 0 saturated carbocycles. The molecule has 2 aromatic rings. The average molecular weight is 326 g/mol. The van der Waals surface area contributed by atoms with Crippen LogP contribution in [-0.2, 0) is 6.54 Å². The van der Waals surface area contributed by atoms with Gasteiger partial charge >= 0.3 is 0 Å². The van der Waals surface area contributed by atoms with Crippen molar-refractivity contribution >= 4 is 11.6 Å². The first-order valence-corrected chi connectivity index (χ1v) is 8.22. The van der Waals surface area contributed by atoms with E-state index in [0.717, 1.165) is 19.6 Å². The molecule has 0 aliphatic carbocycles. The van der Waals surface area contributed by atoms with Crippen molar-refractivity contribution in [3.05, 3.63) is 53.6 Å². The zero-order valence-electron chi connectivity index (χ0n) is 14.0. The molecule has 0 saturated heterocycles. The highest BCUT2D eigenvalue weighted by Crippen LogP contribution is 2.34. The van der Waals surface area contributed by atoms with Gasteiger partial charge in [0.1, 0.15) is 0 Å². The summed E-state index contributed by atoms with van der Waals surface area (Å²) in [5.41, 5.74) is 2.53. The SMILES string of the molecule is CCN(CC)Cc1ccc(C(=O)Nc2ccc3c(c2)OCO3)cc1. The molecule has 0 bridgehead atoms. The maximum absolute atomic E-state index is 12.4. The molecule has 0 fully saturated rings. The summed E-state index contributed by atoms with van der Waals surface area (Å²) >= 11 is 0. The molecule has 1 heterocycles. The van der Waals surface area contributed by atoms with E-state index in [1.165, 1.54) is 5.56 Å². The number of amides is 1. The summed E-state index contributed by atoms with van der Waals surface area (Å²) in [4.78, 5) is 14.7. The Hall–Kier alpha value is -2.53. The second-order valence-electron chi connectivity index (χ2n) is 5.68. The van der Waals surface area contributed by atoms with Crippen molar-refractivity contribution < 1.29 is 14.3 Å². The molecule has 3 rings (SSSR count). The molecule has 5 heteroatoms. The lowest BCUT2D eigenvalue weighted by atomic mass is 10.1. The van der Waals surface area contributed by atoms with Gasteiger partial charge in [-0.05, 0) is 42.9 Å². The summed E-state index contributed by atoms with van der Waals surface area (Å²) in [6.07, 6.45) is 0. The normalized spacial score (nSPS) is 12.5. The molecule has 0 aromatic heterocycles. The van der Waals surface area contributed by atoms with Gasteiger partial charge in [0.25, 0.3) is 5.91 Å². The van der Waals surface area contributed by atoms with E-state index in [4.69, 9.17) is 9.47 Å². The van der Waals surface area contributed by atoms with Crippen LogP contribution in [0.2, 0.25) is 0 Å². The van der Waals surface area contributed by atoms with Gasteiger partial charge in [0.05, 0.1) is 0 Å². The van der Waals surface area contributed by atoms with E-state index in [1.54, 1.807) is 18.2 Å². The maximum Gasteiger partial charge on any atom is 0.255 e. The fraction of sp³-hybridized carbons (Fsp3) is 0.316. The lowest BCUT2D eigenvalue weighted by Gasteiger charge is -2.18. The Labute approximate surface area is 142 Å². The van der Waals surface area contributed by atoms with Crippen LogP contribution in [0.25, 0.3) is 0 Å². The van der Waals surface area contributed by atoms with Crippen LogP contribution in [0.4, 0.5) is 5.69 Å². The van der Waals surface area contributed by atoms with Crippen molar-refractivity contribution in [1.82, 2.24) is 4.90 Å². The Balaban J connectivity index is 1.64. The van der Waals surface area contributed by atoms with Crippen molar-refractivity contribution in [2.24, 2.45) is 0 Å². The van der Waals surface area contributed by atoms with Crippen LogP contribution >= 0.6 is 0 Å². The van der Waals surface area contributed by atoms with Crippen LogP contribution < -0.4 is 14.8 Å². The number of nitrogens with zero attached hydrogens (tertiary/aromatic N) is 1. The molecule has 1 N–H and O–H groups in total. The molecule has 0 unspecified atom stereocenters. The molecule has 1 aliphatic rings. The Bertz CT molecular complexity index is 709. The highest BCUT2D eigenvalue weighted by Gasteiger charge is 2.14. The zero-order chi connectivity index (χ0) is 16.9. The van der Waals surface area contributed by atoms with Gasteiger partial charge in [0.2, 0.25) is 6.79 Å². The first-order chi connectivity index (χ1) is 11.7. The van der Waals surface area contributed by atoms with E-state index < -0.39 is 0 Å². The van der Waals surface area contributed by atoms with Crippen molar-refractivity contribution in [2.45, 2.75) is 20.4 Å². The fourth-order valence-corrected chi connectivity index (χ4v) is 2.64. The minimum absolute atomic E-state index is 0.136. The number of ether oxygens (including phenoxy) is 2. The third-order valence-electron chi connectivity index (χ3n) is 4.15. The van der Waals surface area contributed by atoms with Gasteiger partial charge in [-0.3, -0.25) is 9.69 Å². The zero-order valence-corrected chi connectivity index (χ0v) is 14.0. The molecule has 0 spiro atoms. The van der Waals surface area contributed by atoms with Crippen LogP contribution in [-0.4, -0.2) is 30.7 Å². The molecule has 24 heavy (non-hydrogen) atoms. The Morgan fingerprint density at radius 1 is 1.04 bits per heavy atom. The molecule has 0 atom stereocenters. The number of hydrogen-bond acceptors (Lipinski definition) is 4. The van der Waals surface area contributed by atoms with Crippen molar-refractivity contribution in [3.63, 3.8) is 0 Å². The first kappa shape index (κ1) is 16.3. The number of carbonyl (C=O) groups is 1. The van der Waals surface area contributed by atoms with E-state index in [9.17, 15) is 4.79 Å². The molecular formula is C19H22N2O3. The topological polar surface area (TPSA) is 50.8 Å². The monoisotopic (exact) mass is 326 g/mol. The van der Waals surface area contributed by atoms with Crippen molar-refractivity contribution in [2.75, 3.05) is 25.2 Å². The van der Waals surface area contributed by atoms with Crippen molar-refractivity contribution in [1.29, 1.82) is 0 Å². The van der Waals surface area contributed by atoms with E-state index in [-0.39, 0.29) is 12.7 Å². The summed E-state index contributed by atoms with van der Waals surface area (Å²) in [6, 6.07) is 13.1. The fourth-order valence-electron chi connectivity index (χ4n) is 2.64. The maximum atomic E-state index is 12.4. The molecule has 1 amide bonds. The predicted octanol–water partition coefficient (Wildman–Crippen LogP) is 3.51. The minimum atomic E-state index is -0.136. The number of rotatable bonds is 6. The number of nitrogens with one attached hydrogen (secondary N) is 1. The van der Waals surface area contributed by atoms with E-state index >= 15 is 0 Å². The van der Waals surface area contributed by atoms with Gasteiger partial charge < -0.3 is 14.8 Å². The highest BCUT2D eigenvalue weighted by atomic mass is 16.7. The summed E-state index contributed by atoms with van der Waals surface area (Å²) in [7, 11) is 0. The van der Waals surface area contributed by atoms with E-state index in [0.29, 0.717) is 22.7 Å². The average Bonchev–Trinajstić information content (AvgIpc) is 3.08. The number of benzene rings is 2. The Kier molecular flexibility index (Phi) is 5.01. The molecule has 1 aliphatic heterocycles. The lowest BCUT2D eigenvalue weighted by Crippen LogP contribution is -2.22. The van der Waals surface area contributed by atoms with Crippen LogP contribution in [0.5, 0.6) is 11.5 Å². The molecule has 0 radical (unpaired) electrons. The van der Waals surface area contributed by atoms with E-state index in [1.807, 2.05) is 24.3 Å². The van der Waals surface area contributed by atoms with Gasteiger partial charge in [-0.15, -0.1) is 0 Å². The molecule has 5 nitrogen and oxygen atoms in total. The smallest absolute Gasteiger partial charge is 0.255 e. The summed E-state index contributed by atoms with van der Waals surface area (Å²) in [5, 5.41) is 2.89. The molecular weight excluding hydrogens is 304 g/mol. The van der Waals surface area contributed by atoms with Gasteiger partial charge in [0.15, 0.2) is 11.5 Å². The lowest BCUT2D eigenvalue weighted by molar-refractivity contribution is 0.102. The minimum Gasteiger partial charge on any atom is -0.454 e. The van der Waals surface area contributed by atoms with Crippen LogP contribution in [0.1, 0.15) is 29.8 Å². The number of carbonyl (C=O) groups excluding carboxylic acids is 1. The third kappa shape index (κ3) is 3.68. The third-order valence-corrected chi connectivity index (χ3v) is 4.15. The Morgan fingerprint density at radius 3 is 2.46 bits per heavy atom. The second-order valence-corrected chi connectivity index (χ2v) is 5.68. The van der Waals surface area contributed by atoms with Crippen LogP contribution in [0.3, 0.4) is 0 Å². The number of fused-ring (bicyclic) bond motifs is 1. The van der Waals surface area contributed by atoms with Crippen molar-refractivity contribution in [3.8, 4) is 11.5 Å². The number of hydrogen-bond donors (Lipinski definition) is 1. The van der Waals surface area contributed by atoms with Gasteiger partial charge in [0, 0.05) is 23.9 Å². The quantitative estimate of drug-likeness (QED) is 0.882. The summed E-state index contributed by atoms with van der Waals surface area (Å²) in [6.45, 7) is 7.46. The van der Waals surface area contributed by atoms with Gasteiger partial charge in [-0.2, -0.15) is 0 Å². The first-order valence-electron chi connectivity index (χ1n) is 8.22. The highest BCUT2D eigenvalue weighted by molar-refractivity contribution is 6.04. The molecule has 2 aromatic carbocycles. The second kappa shape index (κ2) is 7.36. The van der Waals surface area contributed by atoms with E-state index in [2.05, 4.69) is 24.1 Å². The van der Waals surface area contributed by atoms with Gasteiger partial charge in [-0.25, -0.2) is 0 Å². The molecule has 126 valence electrons. The number of anilines is 1.